The molecule has 1 aromatic heterocycles. The summed E-state index contributed by atoms with van der Waals surface area (Å²) in [5.41, 5.74) is 0. The van der Waals surface area contributed by atoms with Crippen LogP contribution >= 0.6 is 11.3 Å². The van der Waals surface area contributed by atoms with Crippen LogP contribution in [0.25, 0.3) is 0 Å². The number of thiazole rings is 1. The maximum Gasteiger partial charge on any atom is 0.273 e. The molecule has 0 aliphatic heterocycles. The molecule has 1 N–H and O–H groups in total. The van der Waals surface area contributed by atoms with Crippen LogP contribution in [0.5, 0.6) is 5.19 Å². The smallest absolute Gasteiger partial charge is 0.273 e. The van der Waals surface area contributed by atoms with E-state index in [4.69, 9.17) is 4.74 Å². The van der Waals surface area contributed by atoms with E-state index in [0.29, 0.717) is 6.61 Å². The van der Waals surface area contributed by atoms with Crippen molar-refractivity contribution in [2.75, 3.05) is 20.2 Å². The molecule has 0 aliphatic rings. The molecule has 1 aromatic rings. The molecule has 56 valence electrons. The SMILES string of the molecule is CNCCOc1nccs1. The highest BCUT2D eigenvalue weighted by molar-refractivity contribution is 7.11. The van der Waals surface area contributed by atoms with Gasteiger partial charge in [0, 0.05) is 18.1 Å². The second kappa shape index (κ2) is 4.24. The van der Waals surface area contributed by atoms with Gasteiger partial charge >= 0.3 is 0 Å². The third kappa shape index (κ3) is 2.33. The van der Waals surface area contributed by atoms with Crippen molar-refractivity contribution in [3.63, 3.8) is 0 Å². The summed E-state index contributed by atoms with van der Waals surface area (Å²) in [5.74, 6) is 0. The van der Waals surface area contributed by atoms with Gasteiger partial charge in [-0.15, -0.1) is 0 Å². The molecular formula is C6H10N2OS. The zero-order valence-corrected chi connectivity index (χ0v) is 6.65. The summed E-state index contributed by atoms with van der Waals surface area (Å²) < 4.78 is 5.23. The fourth-order valence-electron chi connectivity index (χ4n) is 0.522. The van der Waals surface area contributed by atoms with Crippen LogP contribution in [0.15, 0.2) is 11.6 Å². The highest BCUT2D eigenvalue weighted by atomic mass is 32.1. The van der Waals surface area contributed by atoms with Gasteiger partial charge in [-0.25, -0.2) is 4.98 Å². The number of rotatable bonds is 4. The third-order valence-electron chi connectivity index (χ3n) is 0.987. The van der Waals surface area contributed by atoms with Gasteiger partial charge in [0.2, 0.25) is 0 Å². The van der Waals surface area contributed by atoms with E-state index in [0.717, 1.165) is 11.7 Å². The predicted molar refractivity (Wildman–Crippen MR) is 41.5 cm³/mol. The van der Waals surface area contributed by atoms with E-state index in [-0.39, 0.29) is 0 Å². The minimum atomic E-state index is 0.685. The van der Waals surface area contributed by atoms with Crippen LogP contribution in [0, 0.1) is 0 Å². The fraction of sp³-hybridized carbons (Fsp3) is 0.500. The van der Waals surface area contributed by atoms with Crippen LogP contribution < -0.4 is 10.1 Å². The lowest BCUT2D eigenvalue weighted by Crippen LogP contribution is -2.15. The molecule has 0 atom stereocenters. The van der Waals surface area contributed by atoms with Gasteiger partial charge in [0.15, 0.2) is 0 Å². The van der Waals surface area contributed by atoms with Crippen LogP contribution in [0.4, 0.5) is 0 Å². The molecule has 0 saturated heterocycles. The first-order valence-electron chi connectivity index (χ1n) is 3.10. The molecular weight excluding hydrogens is 148 g/mol. The highest BCUT2D eigenvalue weighted by Crippen LogP contribution is 2.12. The zero-order chi connectivity index (χ0) is 7.23. The topological polar surface area (TPSA) is 34.1 Å². The van der Waals surface area contributed by atoms with Gasteiger partial charge in [-0.05, 0) is 7.05 Å². The van der Waals surface area contributed by atoms with Gasteiger partial charge in [0.1, 0.15) is 6.61 Å². The second-order valence-corrected chi connectivity index (χ2v) is 2.61. The Morgan fingerprint density at radius 2 is 2.70 bits per heavy atom. The monoisotopic (exact) mass is 158 g/mol. The van der Waals surface area contributed by atoms with Crippen molar-refractivity contribution in [1.82, 2.24) is 10.3 Å². The molecule has 1 rings (SSSR count). The first-order chi connectivity index (χ1) is 4.93. The van der Waals surface area contributed by atoms with E-state index in [1.54, 1.807) is 6.20 Å². The quantitative estimate of drug-likeness (QED) is 0.656. The summed E-state index contributed by atoms with van der Waals surface area (Å²) in [6, 6.07) is 0. The normalized spacial score (nSPS) is 9.70. The molecule has 0 bridgehead atoms. The van der Waals surface area contributed by atoms with E-state index in [2.05, 4.69) is 10.3 Å². The lowest BCUT2D eigenvalue weighted by molar-refractivity contribution is 0.317. The summed E-state index contributed by atoms with van der Waals surface area (Å²) >= 11 is 1.51. The Hall–Kier alpha value is -0.610. The number of ether oxygens (including phenoxy) is 1. The van der Waals surface area contributed by atoms with E-state index in [9.17, 15) is 0 Å². The van der Waals surface area contributed by atoms with Crippen molar-refractivity contribution >= 4 is 11.3 Å². The fourth-order valence-corrected chi connectivity index (χ4v) is 1.03. The van der Waals surface area contributed by atoms with Crippen LogP contribution in [-0.4, -0.2) is 25.2 Å². The van der Waals surface area contributed by atoms with Gasteiger partial charge in [-0.1, -0.05) is 11.3 Å². The van der Waals surface area contributed by atoms with Gasteiger partial charge in [-0.3, -0.25) is 0 Å². The van der Waals surface area contributed by atoms with Gasteiger partial charge < -0.3 is 10.1 Å². The molecule has 10 heavy (non-hydrogen) atoms. The van der Waals surface area contributed by atoms with Crippen molar-refractivity contribution in [3.05, 3.63) is 11.6 Å². The molecule has 0 aliphatic carbocycles. The zero-order valence-electron chi connectivity index (χ0n) is 5.83. The molecule has 0 fully saturated rings. The van der Waals surface area contributed by atoms with E-state index < -0.39 is 0 Å². The third-order valence-corrected chi connectivity index (χ3v) is 1.67. The van der Waals surface area contributed by atoms with Crippen LogP contribution in [0.2, 0.25) is 0 Å². The Bertz CT molecular complexity index is 164. The number of nitrogens with one attached hydrogen (secondary N) is 1. The largest absolute Gasteiger partial charge is 0.469 e. The first-order valence-corrected chi connectivity index (χ1v) is 3.98. The Kier molecular flexibility index (Phi) is 3.18. The minimum Gasteiger partial charge on any atom is -0.469 e. The Balaban J connectivity index is 2.15. The maximum atomic E-state index is 5.23. The predicted octanol–water partition coefficient (Wildman–Crippen LogP) is 0.741. The number of nitrogens with zero attached hydrogens (tertiary/aromatic N) is 1. The lowest BCUT2D eigenvalue weighted by Gasteiger charge is -1.99. The van der Waals surface area contributed by atoms with E-state index >= 15 is 0 Å². The molecule has 1 heterocycles. The van der Waals surface area contributed by atoms with E-state index in [1.807, 2.05) is 12.4 Å². The second-order valence-electron chi connectivity index (χ2n) is 1.75. The number of aromatic nitrogens is 1. The standard InChI is InChI=1S/C6H10N2OS/c1-7-2-4-9-6-8-3-5-10-6/h3,5,7H,2,4H2,1H3. The molecule has 3 nitrogen and oxygen atoms in total. The van der Waals surface area contributed by atoms with Crippen molar-refractivity contribution in [3.8, 4) is 5.19 Å². The molecule has 0 amide bonds. The van der Waals surface area contributed by atoms with Crippen molar-refractivity contribution in [1.29, 1.82) is 0 Å². The lowest BCUT2D eigenvalue weighted by atomic mass is 10.7. The summed E-state index contributed by atoms with van der Waals surface area (Å²) in [6.07, 6.45) is 1.74. The Morgan fingerprint density at radius 1 is 1.80 bits per heavy atom. The average molecular weight is 158 g/mol. The van der Waals surface area contributed by atoms with Gasteiger partial charge in [-0.2, -0.15) is 0 Å². The highest BCUT2D eigenvalue weighted by Gasteiger charge is 1.92. The molecule has 0 spiro atoms. The van der Waals surface area contributed by atoms with Crippen molar-refractivity contribution in [2.24, 2.45) is 0 Å². The minimum absolute atomic E-state index is 0.685. The summed E-state index contributed by atoms with van der Waals surface area (Å²) in [6.45, 7) is 1.55. The summed E-state index contributed by atoms with van der Waals surface area (Å²) in [4.78, 5) is 3.96. The number of likely N-dealkylation sites (N-methyl/N-ethyl adjacent to an activating group) is 1. The maximum absolute atomic E-state index is 5.23. The Morgan fingerprint density at radius 3 is 3.30 bits per heavy atom. The molecule has 0 unspecified atom stereocenters. The van der Waals surface area contributed by atoms with E-state index in [1.165, 1.54) is 11.3 Å². The van der Waals surface area contributed by atoms with Crippen molar-refractivity contribution in [2.45, 2.75) is 0 Å². The molecule has 0 saturated carbocycles. The van der Waals surface area contributed by atoms with Gasteiger partial charge in [0.25, 0.3) is 5.19 Å². The summed E-state index contributed by atoms with van der Waals surface area (Å²) in [5, 5.41) is 5.63. The Labute approximate surface area is 64.0 Å². The average Bonchev–Trinajstić information content (AvgIpc) is 2.41. The summed E-state index contributed by atoms with van der Waals surface area (Å²) in [7, 11) is 1.89. The van der Waals surface area contributed by atoms with Crippen LogP contribution in [0.1, 0.15) is 0 Å². The van der Waals surface area contributed by atoms with Crippen LogP contribution in [-0.2, 0) is 0 Å². The van der Waals surface area contributed by atoms with Crippen molar-refractivity contribution < 1.29 is 4.74 Å². The molecule has 0 radical (unpaired) electrons. The van der Waals surface area contributed by atoms with Gasteiger partial charge in [0.05, 0.1) is 0 Å². The van der Waals surface area contributed by atoms with Crippen LogP contribution in [0.3, 0.4) is 0 Å². The molecule has 0 aromatic carbocycles. The first kappa shape index (κ1) is 7.50. The number of hydrogen-bond acceptors (Lipinski definition) is 4. The number of hydrogen-bond donors (Lipinski definition) is 1. The molecule has 4 heteroatoms.